The Hall–Kier alpha value is -2.12. The highest BCUT2D eigenvalue weighted by atomic mass is 32.2. The van der Waals surface area contributed by atoms with Gasteiger partial charge in [0.25, 0.3) is 0 Å². The van der Waals surface area contributed by atoms with Gasteiger partial charge in [0.05, 0.1) is 10.6 Å². The van der Waals surface area contributed by atoms with E-state index < -0.39 is 0 Å². The summed E-state index contributed by atoms with van der Waals surface area (Å²) >= 11 is 2.96. The van der Waals surface area contributed by atoms with Gasteiger partial charge >= 0.3 is 0 Å². The average Bonchev–Trinajstić information content (AvgIpc) is 2.89. The molecule has 7 heteroatoms. The summed E-state index contributed by atoms with van der Waals surface area (Å²) in [4.78, 5) is 25.5. The molecule has 0 aliphatic heterocycles. The molecule has 3 aromatic rings. The third-order valence-electron chi connectivity index (χ3n) is 4.30. The van der Waals surface area contributed by atoms with E-state index in [1.54, 1.807) is 16.2 Å². The highest BCUT2D eigenvalue weighted by Gasteiger charge is 2.21. The van der Waals surface area contributed by atoms with Crippen molar-refractivity contribution >= 4 is 45.0 Å². The third-order valence-corrected chi connectivity index (χ3v) is 6.35. The van der Waals surface area contributed by atoms with Gasteiger partial charge in [-0.2, -0.15) is 0 Å². The number of hydrogen-bond donors (Lipinski definition) is 1. The number of rotatable bonds is 5. The number of thiophene rings is 1. The molecule has 1 amide bonds. The van der Waals surface area contributed by atoms with Crippen molar-refractivity contribution in [1.29, 1.82) is 0 Å². The fourth-order valence-corrected chi connectivity index (χ4v) is 4.75. The van der Waals surface area contributed by atoms with Crippen LogP contribution in [0, 0.1) is 13.8 Å². The van der Waals surface area contributed by atoms with E-state index in [-0.39, 0.29) is 11.2 Å². The first-order chi connectivity index (χ1) is 12.4. The predicted molar refractivity (Wildman–Crippen MR) is 110 cm³/mol. The van der Waals surface area contributed by atoms with Crippen LogP contribution in [0.15, 0.2) is 35.5 Å². The van der Waals surface area contributed by atoms with Crippen LogP contribution < -0.4 is 5.73 Å². The number of nitrogens with two attached hydrogens (primary N) is 1. The number of nitrogens with zero attached hydrogens (tertiary/aromatic N) is 3. The van der Waals surface area contributed by atoms with Gasteiger partial charge in [-0.25, -0.2) is 9.97 Å². The van der Waals surface area contributed by atoms with E-state index >= 15 is 0 Å². The molecule has 1 atom stereocenters. The van der Waals surface area contributed by atoms with Crippen LogP contribution in [0.25, 0.3) is 10.2 Å². The number of amides is 1. The molecule has 2 heterocycles. The largest absolute Gasteiger partial charge is 0.383 e. The van der Waals surface area contributed by atoms with Crippen LogP contribution in [-0.2, 0) is 11.3 Å². The fourth-order valence-electron chi connectivity index (χ4n) is 2.77. The molecule has 3 rings (SSSR count). The van der Waals surface area contributed by atoms with Crippen molar-refractivity contribution in [3.8, 4) is 0 Å². The smallest absolute Gasteiger partial charge is 0.235 e. The number of nitrogen functional groups attached to an aromatic ring is 1. The Morgan fingerprint density at radius 1 is 1.27 bits per heavy atom. The van der Waals surface area contributed by atoms with Gasteiger partial charge in [0.2, 0.25) is 5.91 Å². The van der Waals surface area contributed by atoms with Crippen molar-refractivity contribution in [2.75, 3.05) is 12.8 Å². The number of benzene rings is 1. The monoisotopic (exact) mass is 386 g/mol. The molecular weight excluding hydrogens is 364 g/mol. The summed E-state index contributed by atoms with van der Waals surface area (Å²) in [6, 6.07) is 9.95. The van der Waals surface area contributed by atoms with Gasteiger partial charge < -0.3 is 10.6 Å². The Kier molecular flexibility index (Phi) is 5.48. The zero-order chi connectivity index (χ0) is 18.8. The van der Waals surface area contributed by atoms with Crippen LogP contribution in [-0.4, -0.2) is 33.1 Å². The molecule has 2 N–H and O–H groups in total. The summed E-state index contributed by atoms with van der Waals surface area (Å²) in [7, 11) is 1.82. The van der Waals surface area contributed by atoms with Gasteiger partial charge in [0.15, 0.2) is 5.16 Å². The normalized spacial score (nSPS) is 12.3. The fraction of sp³-hybridized carbons (Fsp3) is 0.316. The van der Waals surface area contributed by atoms with Crippen molar-refractivity contribution in [1.82, 2.24) is 14.9 Å². The van der Waals surface area contributed by atoms with E-state index in [4.69, 9.17) is 5.73 Å². The SMILES string of the molecule is Cc1sc2nc(SC(C)C(=O)N(C)Cc3ccccc3)nc(N)c2c1C. The molecular formula is C19H22N4OS2. The number of thioether (sulfide) groups is 1. The van der Waals surface area contributed by atoms with Gasteiger partial charge in [0.1, 0.15) is 10.6 Å². The summed E-state index contributed by atoms with van der Waals surface area (Å²) < 4.78 is 0. The van der Waals surface area contributed by atoms with E-state index in [1.807, 2.05) is 51.2 Å². The molecule has 136 valence electrons. The molecule has 0 saturated heterocycles. The molecule has 0 saturated carbocycles. The topological polar surface area (TPSA) is 72.1 Å². The van der Waals surface area contributed by atoms with E-state index in [0.717, 1.165) is 21.3 Å². The van der Waals surface area contributed by atoms with Gasteiger partial charge in [-0.15, -0.1) is 11.3 Å². The van der Waals surface area contributed by atoms with Crippen LogP contribution in [0.3, 0.4) is 0 Å². The summed E-state index contributed by atoms with van der Waals surface area (Å²) in [6.45, 7) is 6.54. The maximum absolute atomic E-state index is 12.7. The molecule has 0 aliphatic carbocycles. The van der Waals surface area contributed by atoms with Crippen molar-refractivity contribution in [2.24, 2.45) is 0 Å². The quantitative estimate of drug-likeness (QED) is 0.529. The number of fused-ring (bicyclic) bond motifs is 1. The number of aromatic nitrogens is 2. The van der Waals surface area contributed by atoms with Crippen LogP contribution in [0.1, 0.15) is 22.9 Å². The molecule has 0 spiro atoms. The molecule has 0 fully saturated rings. The predicted octanol–water partition coefficient (Wildman–Crippen LogP) is 4.03. The standard InChI is InChI=1S/C19H22N4OS2/c1-11-12(2)25-17-15(11)16(20)21-19(22-17)26-13(3)18(24)23(4)10-14-8-6-5-7-9-14/h5-9,13H,10H2,1-4H3,(H2,20,21,22). The third kappa shape index (κ3) is 3.83. The summed E-state index contributed by atoms with van der Waals surface area (Å²) in [5.41, 5.74) is 8.37. The number of carbonyl (C=O) groups excluding carboxylic acids is 1. The molecule has 0 aliphatic rings. The second-order valence-electron chi connectivity index (χ2n) is 6.29. The molecule has 0 bridgehead atoms. The van der Waals surface area contributed by atoms with E-state index in [2.05, 4.69) is 16.9 Å². The lowest BCUT2D eigenvalue weighted by atomic mass is 10.2. The summed E-state index contributed by atoms with van der Waals surface area (Å²) in [6.07, 6.45) is 0. The van der Waals surface area contributed by atoms with E-state index in [1.165, 1.54) is 16.6 Å². The van der Waals surface area contributed by atoms with Crippen molar-refractivity contribution in [2.45, 2.75) is 37.7 Å². The molecule has 1 unspecified atom stereocenters. The van der Waals surface area contributed by atoms with Gasteiger partial charge in [-0.1, -0.05) is 42.1 Å². The maximum atomic E-state index is 12.7. The second kappa shape index (κ2) is 7.63. The number of anilines is 1. The Labute approximate surface area is 161 Å². The van der Waals surface area contributed by atoms with Crippen LogP contribution in [0.4, 0.5) is 5.82 Å². The van der Waals surface area contributed by atoms with Crippen molar-refractivity contribution in [3.63, 3.8) is 0 Å². The van der Waals surface area contributed by atoms with E-state index in [0.29, 0.717) is 17.5 Å². The molecule has 2 aromatic heterocycles. The number of carbonyl (C=O) groups is 1. The zero-order valence-corrected chi connectivity index (χ0v) is 16.9. The summed E-state index contributed by atoms with van der Waals surface area (Å²) in [5.74, 6) is 0.524. The second-order valence-corrected chi connectivity index (χ2v) is 8.81. The highest BCUT2D eigenvalue weighted by Crippen LogP contribution is 2.34. The minimum atomic E-state index is -0.289. The molecule has 0 radical (unpaired) electrons. The lowest BCUT2D eigenvalue weighted by Gasteiger charge is -2.21. The lowest BCUT2D eigenvalue weighted by Crippen LogP contribution is -2.32. The highest BCUT2D eigenvalue weighted by molar-refractivity contribution is 8.00. The Bertz CT molecular complexity index is 940. The summed E-state index contributed by atoms with van der Waals surface area (Å²) in [5, 5.41) is 1.19. The Morgan fingerprint density at radius 3 is 2.65 bits per heavy atom. The van der Waals surface area contributed by atoms with Crippen molar-refractivity contribution < 1.29 is 4.79 Å². The average molecular weight is 387 g/mol. The molecule has 26 heavy (non-hydrogen) atoms. The van der Waals surface area contributed by atoms with Crippen molar-refractivity contribution in [3.05, 3.63) is 46.3 Å². The molecule has 5 nitrogen and oxygen atoms in total. The Balaban J connectivity index is 1.73. The first kappa shape index (κ1) is 18.7. The van der Waals surface area contributed by atoms with Crippen LogP contribution >= 0.6 is 23.1 Å². The molecule has 1 aromatic carbocycles. The Morgan fingerprint density at radius 2 is 1.96 bits per heavy atom. The van der Waals surface area contributed by atoms with Gasteiger partial charge in [-0.05, 0) is 31.9 Å². The first-order valence-corrected chi connectivity index (χ1v) is 10.0. The van der Waals surface area contributed by atoms with Gasteiger partial charge in [0, 0.05) is 18.5 Å². The minimum Gasteiger partial charge on any atom is -0.383 e. The lowest BCUT2D eigenvalue weighted by molar-refractivity contribution is -0.129. The van der Waals surface area contributed by atoms with E-state index in [9.17, 15) is 4.79 Å². The number of hydrogen-bond acceptors (Lipinski definition) is 6. The number of aryl methyl sites for hydroxylation is 2. The zero-order valence-electron chi connectivity index (χ0n) is 15.3. The first-order valence-electron chi connectivity index (χ1n) is 8.35. The minimum absolute atomic E-state index is 0.0414. The van der Waals surface area contributed by atoms with Gasteiger partial charge in [-0.3, -0.25) is 4.79 Å². The van der Waals surface area contributed by atoms with Crippen LogP contribution in [0.5, 0.6) is 0 Å². The van der Waals surface area contributed by atoms with Crippen LogP contribution in [0.2, 0.25) is 0 Å². The maximum Gasteiger partial charge on any atom is 0.235 e.